The van der Waals surface area contributed by atoms with Gasteiger partial charge in [-0.2, -0.15) is 0 Å². The second-order valence-corrected chi connectivity index (χ2v) is 4.93. The van der Waals surface area contributed by atoms with Crippen LogP contribution in [0.4, 0.5) is 0 Å². The predicted octanol–water partition coefficient (Wildman–Crippen LogP) is 2.53. The first-order chi connectivity index (χ1) is 8.81. The van der Waals surface area contributed by atoms with E-state index in [9.17, 15) is 9.90 Å². The number of hydrogen-bond acceptors (Lipinski definition) is 3. The van der Waals surface area contributed by atoms with E-state index < -0.39 is 0 Å². The van der Waals surface area contributed by atoms with E-state index in [1.165, 1.54) is 0 Å². The molecule has 1 N–H and O–H groups in total. The first-order valence-electron chi connectivity index (χ1n) is 6.62. The normalized spacial score (nSPS) is 23.6. The third-order valence-electron chi connectivity index (χ3n) is 3.67. The van der Waals surface area contributed by atoms with E-state index >= 15 is 0 Å². The van der Waals surface area contributed by atoms with Crippen LogP contribution in [0.15, 0.2) is 30.3 Å². The Balaban J connectivity index is 1.87. The Morgan fingerprint density at radius 1 is 1.22 bits per heavy atom. The highest BCUT2D eigenvalue weighted by Gasteiger charge is 2.31. The van der Waals surface area contributed by atoms with Crippen molar-refractivity contribution >= 4 is 5.97 Å². The molecule has 0 aliphatic heterocycles. The van der Waals surface area contributed by atoms with Gasteiger partial charge in [0.1, 0.15) is 6.61 Å². The Morgan fingerprint density at radius 3 is 2.67 bits per heavy atom. The van der Waals surface area contributed by atoms with Gasteiger partial charge in [-0.15, -0.1) is 0 Å². The van der Waals surface area contributed by atoms with Gasteiger partial charge in [0.15, 0.2) is 0 Å². The first-order valence-corrected chi connectivity index (χ1v) is 6.62. The fraction of sp³-hybridized carbons (Fsp3) is 0.533. The highest BCUT2D eigenvalue weighted by Crippen LogP contribution is 2.30. The summed E-state index contributed by atoms with van der Waals surface area (Å²) in [7, 11) is 0. The molecule has 1 saturated carbocycles. The van der Waals surface area contributed by atoms with Crippen molar-refractivity contribution in [3.05, 3.63) is 35.9 Å². The zero-order chi connectivity index (χ0) is 12.8. The number of rotatable bonds is 4. The molecule has 2 rings (SSSR count). The summed E-state index contributed by atoms with van der Waals surface area (Å²) in [5.74, 6) is -0.188. The number of esters is 1. The number of aliphatic hydroxyl groups excluding tert-OH is 1. The van der Waals surface area contributed by atoms with Crippen LogP contribution >= 0.6 is 0 Å². The summed E-state index contributed by atoms with van der Waals surface area (Å²) >= 11 is 0. The molecule has 1 aliphatic carbocycles. The molecule has 3 heteroatoms. The monoisotopic (exact) mass is 248 g/mol. The van der Waals surface area contributed by atoms with Crippen molar-refractivity contribution in [2.24, 2.45) is 11.8 Å². The summed E-state index contributed by atoms with van der Waals surface area (Å²) in [6.07, 6.45) is 3.94. The second-order valence-electron chi connectivity index (χ2n) is 4.93. The van der Waals surface area contributed by atoms with E-state index in [1.807, 2.05) is 30.3 Å². The highest BCUT2D eigenvalue weighted by molar-refractivity contribution is 5.73. The lowest BCUT2D eigenvalue weighted by Crippen LogP contribution is -2.30. The van der Waals surface area contributed by atoms with Gasteiger partial charge in [-0.1, -0.05) is 43.2 Å². The minimum Gasteiger partial charge on any atom is -0.461 e. The molecule has 0 heterocycles. The average Bonchev–Trinajstić information content (AvgIpc) is 2.45. The summed E-state index contributed by atoms with van der Waals surface area (Å²) < 4.78 is 5.35. The average molecular weight is 248 g/mol. The van der Waals surface area contributed by atoms with Gasteiger partial charge in [-0.05, 0) is 24.3 Å². The van der Waals surface area contributed by atoms with Crippen molar-refractivity contribution < 1.29 is 14.6 Å². The van der Waals surface area contributed by atoms with Crippen LogP contribution in [0.3, 0.4) is 0 Å². The van der Waals surface area contributed by atoms with E-state index in [1.54, 1.807) is 0 Å². The van der Waals surface area contributed by atoms with Crippen LogP contribution in [0.25, 0.3) is 0 Å². The molecule has 1 aliphatic rings. The van der Waals surface area contributed by atoms with E-state index in [4.69, 9.17) is 4.74 Å². The van der Waals surface area contributed by atoms with Gasteiger partial charge < -0.3 is 9.84 Å². The molecule has 3 nitrogen and oxygen atoms in total. The van der Waals surface area contributed by atoms with Gasteiger partial charge in [0.25, 0.3) is 0 Å². The zero-order valence-corrected chi connectivity index (χ0v) is 10.5. The molecule has 0 amide bonds. The van der Waals surface area contributed by atoms with Gasteiger partial charge >= 0.3 is 5.97 Å². The summed E-state index contributed by atoms with van der Waals surface area (Å²) in [6.45, 7) is 0.416. The third-order valence-corrected chi connectivity index (χ3v) is 3.67. The topological polar surface area (TPSA) is 46.5 Å². The smallest absolute Gasteiger partial charge is 0.309 e. The number of aliphatic hydroxyl groups is 1. The van der Waals surface area contributed by atoms with Crippen LogP contribution < -0.4 is 0 Å². The standard InChI is InChI=1S/C15H20O3/c16-10-13-8-4-5-9-14(13)15(17)18-11-12-6-2-1-3-7-12/h1-3,6-7,13-14,16H,4-5,8-11H2. The van der Waals surface area contributed by atoms with Gasteiger partial charge in [0, 0.05) is 6.61 Å². The Hall–Kier alpha value is -1.35. The minimum absolute atomic E-state index is 0.0852. The molecule has 2 atom stereocenters. The van der Waals surface area contributed by atoms with Crippen LogP contribution in [-0.4, -0.2) is 17.7 Å². The van der Waals surface area contributed by atoms with Crippen LogP contribution in [-0.2, 0) is 16.1 Å². The summed E-state index contributed by atoms with van der Waals surface area (Å²) in [4.78, 5) is 12.0. The van der Waals surface area contributed by atoms with Crippen LogP contribution in [0.1, 0.15) is 31.2 Å². The third kappa shape index (κ3) is 3.33. The maximum atomic E-state index is 12.0. The lowest BCUT2D eigenvalue weighted by molar-refractivity contribution is -0.154. The SMILES string of the molecule is O=C(OCc1ccccc1)C1CCCCC1CO. The zero-order valence-electron chi connectivity index (χ0n) is 10.5. The minimum atomic E-state index is -0.155. The van der Waals surface area contributed by atoms with E-state index in [-0.39, 0.29) is 24.4 Å². The maximum absolute atomic E-state index is 12.0. The van der Waals surface area contributed by atoms with E-state index in [2.05, 4.69) is 0 Å². The predicted molar refractivity (Wildman–Crippen MR) is 68.8 cm³/mol. The van der Waals surface area contributed by atoms with Crippen LogP contribution in [0.2, 0.25) is 0 Å². The summed E-state index contributed by atoms with van der Waals surface area (Å²) in [5, 5.41) is 9.29. The Kier molecular flexibility index (Phi) is 4.76. The summed E-state index contributed by atoms with van der Waals surface area (Å²) in [5.41, 5.74) is 1.00. The molecular formula is C15H20O3. The van der Waals surface area contributed by atoms with Crippen molar-refractivity contribution in [2.75, 3.05) is 6.61 Å². The molecule has 2 unspecified atom stereocenters. The largest absolute Gasteiger partial charge is 0.461 e. The summed E-state index contributed by atoms with van der Waals surface area (Å²) in [6, 6.07) is 9.68. The lowest BCUT2D eigenvalue weighted by Gasteiger charge is -2.28. The van der Waals surface area contributed by atoms with Gasteiger partial charge in [0.05, 0.1) is 5.92 Å². The van der Waals surface area contributed by atoms with Crippen LogP contribution in [0.5, 0.6) is 0 Å². The van der Waals surface area contributed by atoms with Gasteiger partial charge in [-0.25, -0.2) is 0 Å². The quantitative estimate of drug-likeness (QED) is 0.833. The Labute approximate surface area is 108 Å². The van der Waals surface area contributed by atoms with E-state index in [0.29, 0.717) is 6.61 Å². The molecule has 0 spiro atoms. The van der Waals surface area contributed by atoms with E-state index in [0.717, 1.165) is 31.2 Å². The lowest BCUT2D eigenvalue weighted by atomic mass is 9.80. The molecule has 0 aromatic heterocycles. The van der Waals surface area contributed by atoms with Crippen molar-refractivity contribution in [1.29, 1.82) is 0 Å². The molecule has 0 bridgehead atoms. The fourth-order valence-electron chi connectivity index (χ4n) is 2.57. The second kappa shape index (κ2) is 6.55. The number of carbonyl (C=O) groups is 1. The van der Waals surface area contributed by atoms with Crippen molar-refractivity contribution in [3.8, 4) is 0 Å². The van der Waals surface area contributed by atoms with Crippen molar-refractivity contribution in [3.63, 3.8) is 0 Å². The molecule has 1 aromatic rings. The number of hydrogen-bond donors (Lipinski definition) is 1. The number of carbonyl (C=O) groups excluding carboxylic acids is 1. The van der Waals surface area contributed by atoms with Crippen LogP contribution in [0, 0.1) is 11.8 Å². The van der Waals surface area contributed by atoms with Crippen molar-refractivity contribution in [1.82, 2.24) is 0 Å². The Morgan fingerprint density at radius 2 is 1.94 bits per heavy atom. The molecule has 0 radical (unpaired) electrons. The Bertz CT molecular complexity index is 375. The number of benzene rings is 1. The molecule has 1 aromatic carbocycles. The fourth-order valence-corrected chi connectivity index (χ4v) is 2.57. The molecular weight excluding hydrogens is 228 g/mol. The molecule has 1 fully saturated rings. The van der Waals surface area contributed by atoms with Gasteiger partial charge in [-0.3, -0.25) is 4.79 Å². The molecule has 98 valence electrons. The molecule has 18 heavy (non-hydrogen) atoms. The van der Waals surface area contributed by atoms with Gasteiger partial charge in [0.2, 0.25) is 0 Å². The van der Waals surface area contributed by atoms with Crippen molar-refractivity contribution in [2.45, 2.75) is 32.3 Å². The first kappa shape index (κ1) is 13.1. The highest BCUT2D eigenvalue weighted by atomic mass is 16.5. The maximum Gasteiger partial charge on any atom is 0.309 e. The molecule has 0 saturated heterocycles. The number of ether oxygens (including phenoxy) is 1.